The first-order valence-corrected chi connectivity index (χ1v) is 7.90. The van der Waals surface area contributed by atoms with Crippen LogP contribution in [0.25, 0.3) is 0 Å². The Kier molecular flexibility index (Phi) is 16.2. The zero-order valence-corrected chi connectivity index (χ0v) is 20.6. The summed E-state index contributed by atoms with van der Waals surface area (Å²) in [6.45, 7) is 6.00. The van der Waals surface area contributed by atoms with Gasteiger partial charge in [0.1, 0.15) is 0 Å². The smallest absolute Gasteiger partial charge is 1.00 e. The molecular weight excluding hydrogens is 579 g/mol. The number of halogens is 2. The average molecular weight is 605 g/mol. The van der Waals surface area contributed by atoms with E-state index in [0.717, 1.165) is 0 Å². The molecule has 3 heteroatoms. The second-order valence-corrected chi connectivity index (χ2v) is 5.57. The monoisotopic (exact) mass is 604 g/mol. The third-order valence-electron chi connectivity index (χ3n) is 4.30. The van der Waals surface area contributed by atoms with Crippen LogP contribution < -0.4 is 34.0 Å². The molecular formula is C20H26Br2Hf. The van der Waals surface area contributed by atoms with Crippen molar-refractivity contribution in [2.45, 2.75) is 51.4 Å². The fourth-order valence-electron chi connectivity index (χ4n) is 3.23. The Labute approximate surface area is 181 Å². The molecule has 2 aliphatic carbocycles. The summed E-state index contributed by atoms with van der Waals surface area (Å²) in [4.78, 5) is 0. The number of rotatable bonds is 0. The van der Waals surface area contributed by atoms with Crippen molar-refractivity contribution < 1.29 is 59.8 Å². The van der Waals surface area contributed by atoms with Crippen LogP contribution in [0.3, 0.4) is 0 Å². The molecule has 0 nitrogen and oxygen atoms in total. The molecule has 0 amide bonds. The van der Waals surface area contributed by atoms with Crippen LogP contribution >= 0.6 is 0 Å². The van der Waals surface area contributed by atoms with Gasteiger partial charge in [0.2, 0.25) is 0 Å². The maximum absolute atomic E-state index is 3.00. The standard InChI is InChI=1S/2C9H11.C2H4.2BrH.Hf/c2*1-2-5-9-7-3-6-8(9)4-1;1-2;;;/h2*3,6-7H,1-2,4-5H2;1-2H2;2*1H;/q2*-1;;;;+4/p-2. The molecule has 0 heterocycles. The van der Waals surface area contributed by atoms with E-state index in [1.165, 1.54) is 51.4 Å². The van der Waals surface area contributed by atoms with Gasteiger partial charge in [-0.05, 0) is 0 Å². The summed E-state index contributed by atoms with van der Waals surface area (Å²) in [5, 5.41) is 0. The topological polar surface area (TPSA) is 0 Å². The predicted molar refractivity (Wildman–Crippen MR) is 88.6 cm³/mol. The number of fused-ring (bicyclic) bond motifs is 2. The van der Waals surface area contributed by atoms with Crippen LogP contribution in [-0.4, -0.2) is 0 Å². The molecule has 0 aromatic heterocycles. The summed E-state index contributed by atoms with van der Waals surface area (Å²) < 4.78 is 0. The molecule has 0 aliphatic heterocycles. The minimum absolute atomic E-state index is 0. The Hall–Kier alpha value is 0.270. The molecule has 0 spiro atoms. The van der Waals surface area contributed by atoms with E-state index in [2.05, 4.69) is 49.6 Å². The van der Waals surface area contributed by atoms with Crippen molar-refractivity contribution in [1.29, 1.82) is 0 Å². The van der Waals surface area contributed by atoms with Crippen LogP contribution in [0.15, 0.2) is 49.6 Å². The van der Waals surface area contributed by atoms with Crippen LogP contribution in [0.5, 0.6) is 0 Å². The first-order chi connectivity index (χ1) is 9.93. The van der Waals surface area contributed by atoms with E-state index in [1.807, 2.05) is 0 Å². The SMILES string of the molecule is C=C.[Br-].[Br-].[Hf+4].c1cc2c([cH-]1)CCCC2.c1cc2c([cH-]1)CCCC2. The number of hydrogen-bond donors (Lipinski definition) is 0. The van der Waals surface area contributed by atoms with E-state index >= 15 is 0 Å². The third kappa shape index (κ3) is 7.79. The van der Waals surface area contributed by atoms with Crippen LogP contribution in [0, 0.1) is 0 Å². The molecule has 23 heavy (non-hydrogen) atoms. The van der Waals surface area contributed by atoms with Crippen molar-refractivity contribution in [3.63, 3.8) is 0 Å². The van der Waals surface area contributed by atoms with E-state index < -0.39 is 0 Å². The first kappa shape index (κ1) is 25.5. The Balaban J connectivity index is 0. The van der Waals surface area contributed by atoms with Gasteiger partial charge in [-0.3, -0.25) is 0 Å². The van der Waals surface area contributed by atoms with Gasteiger partial charge in [-0.1, -0.05) is 51.4 Å². The van der Waals surface area contributed by atoms with Gasteiger partial charge in [-0.2, -0.15) is 46.5 Å². The van der Waals surface area contributed by atoms with Gasteiger partial charge in [0.15, 0.2) is 0 Å². The summed E-state index contributed by atoms with van der Waals surface area (Å²) in [5.74, 6) is 0. The molecule has 0 bridgehead atoms. The second kappa shape index (κ2) is 14.6. The van der Waals surface area contributed by atoms with E-state index in [9.17, 15) is 0 Å². The number of aryl methyl sites for hydroxylation is 4. The Morgan fingerprint density at radius 2 is 1.00 bits per heavy atom. The molecule has 0 unspecified atom stereocenters. The molecule has 0 fully saturated rings. The maximum Gasteiger partial charge on any atom is 4.00 e. The zero-order chi connectivity index (χ0) is 14.2. The van der Waals surface area contributed by atoms with E-state index in [0.29, 0.717) is 0 Å². The molecule has 0 atom stereocenters. The van der Waals surface area contributed by atoms with Gasteiger partial charge in [0.25, 0.3) is 0 Å². The Morgan fingerprint density at radius 1 is 0.652 bits per heavy atom. The van der Waals surface area contributed by atoms with Crippen molar-refractivity contribution in [2.24, 2.45) is 0 Å². The molecule has 4 rings (SSSR count). The molecule has 0 N–H and O–H groups in total. The third-order valence-corrected chi connectivity index (χ3v) is 4.30. The fourth-order valence-corrected chi connectivity index (χ4v) is 3.23. The molecule has 0 radical (unpaired) electrons. The zero-order valence-electron chi connectivity index (χ0n) is 13.8. The van der Waals surface area contributed by atoms with Crippen molar-refractivity contribution in [3.05, 3.63) is 71.8 Å². The van der Waals surface area contributed by atoms with E-state index in [-0.39, 0.29) is 59.8 Å². The van der Waals surface area contributed by atoms with Crippen LogP contribution in [0.4, 0.5) is 0 Å². The Morgan fingerprint density at radius 3 is 1.35 bits per heavy atom. The minimum atomic E-state index is 0. The molecule has 0 saturated carbocycles. The molecule has 2 aromatic rings. The first-order valence-electron chi connectivity index (χ1n) is 7.90. The quantitative estimate of drug-likeness (QED) is 0.214. The summed E-state index contributed by atoms with van der Waals surface area (Å²) in [6.07, 6.45) is 10.9. The van der Waals surface area contributed by atoms with Gasteiger partial charge < -0.3 is 34.0 Å². The molecule has 0 saturated heterocycles. The van der Waals surface area contributed by atoms with Crippen molar-refractivity contribution in [3.8, 4) is 0 Å². The van der Waals surface area contributed by atoms with Gasteiger partial charge in [-0.15, -0.1) is 13.2 Å². The van der Waals surface area contributed by atoms with Gasteiger partial charge in [0, 0.05) is 0 Å². The largest absolute Gasteiger partial charge is 4.00 e. The Bertz CT molecular complexity index is 426. The van der Waals surface area contributed by atoms with Gasteiger partial charge in [0.05, 0.1) is 0 Å². The fraction of sp³-hybridized carbons (Fsp3) is 0.400. The maximum atomic E-state index is 3.00. The van der Waals surface area contributed by atoms with Crippen molar-refractivity contribution >= 4 is 0 Å². The molecule has 2 aromatic carbocycles. The summed E-state index contributed by atoms with van der Waals surface area (Å²) in [5.41, 5.74) is 6.39. The van der Waals surface area contributed by atoms with E-state index in [4.69, 9.17) is 0 Å². The normalized spacial score (nSPS) is 13.7. The van der Waals surface area contributed by atoms with Gasteiger partial charge in [-0.25, -0.2) is 12.1 Å². The minimum Gasteiger partial charge on any atom is -1.00 e. The molecule has 124 valence electrons. The second-order valence-electron chi connectivity index (χ2n) is 5.57. The average Bonchev–Trinajstić information content (AvgIpc) is 3.18. The molecule has 2 aliphatic rings. The predicted octanol–water partition coefficient (Wildman–Crippen LogP) is -0.624. The van der Waals surface area contributed by atoms with Crippen LogP contribution in [0.2, 0.25) is 0 Å². The summed E-state index contributed by atoms with van der Waals surface area (Å²) in [6, 6.07) is 13.4. The van der Waals surface area contributed by atoms with Crippen molar-refractivity contribution in [1.82, 2.24) is 0 Å². The summed E-state index contributed by atoms with van der Waals surface area (Å²) in [7, 11) is 0. The van der Waals surface area contributed by atoms with E-state index in [1.54, 1.807) is 22.3 Å². The van der Waals surface area contributed by atoms with Gasteiger partial charge >= 0.3 is 25.8 Å². The number of hydrogen-bond acceptors (Lipinski definition) is 0. The van der Waals surface area contributed by atoms with Crippen LogP contribution in [0.1, 0.15) is 47.9 Å². The van der Waals surface area contributed by atoms with Crippen LogP contribution in [-0.2, 0) is 51.5 Å². The summed E-state index contributed by atoms with van der Waals surface area (Å²) >= 11 is 0. The van der Waals surface area contributed by atoms with Crippen molar-refractivity contribution in [2.75, 3.05) is 0 Å².